The van der Waals surface area contributed by atoms with Gasteiger partial charge >= 0.3 is 0 Å². The van der Waals surface area contributed by atoms with Gasteiger partial charge in [-0.3, -0.25) is 14.6 Å². The summed E-state index contributed by atoms with van der Waals surface area (Å²) in [5.41, 5.74) is 2.88. The van der Waals surface area contributed by atoms with Crippen molar-refractivity contribution in [3.05, 3.63) is 61.1 Å². The number of carbonyl (C=O) groups excluding carboxylic acids is 1. The number of aromatic nitrogens is 1. The molecule has 0 saturated carbocycles. The van der Waals surface area contributed by atoms with Crippen LogP contribution in [-0.2, 0) is 34.2 Å². The van der Waals surface area contributed by atoms with Gasteiger partial charge in [-0.15, -0.1) is 10.1 Å². The van der Waals surface area contributed by atoms with E-state index in [1.807, 2.05) is 20.8 Å². The molecule has 1 aromatic carbocycles. The van der Waals surface area contributed by atoms with E-state index in [-0.39, 0.29) is 29.4 Å². The van der Waals surface area contributed by atoms with Crippen LogP contribution in [0.2, 0.25) is 0 Å². The average molecular weight is 617 g/mol. The number of fused-ring (bicyclic) bond motifs is 1. The van der Waals surface area contributed by atoms with Gasteiger partial charge in [0.05, 0.1) is 35.2 Å². The number of nitrogens with zero attached hydrogens (tertiary/aromatic N) is 4. The Morgan fingerprint density at radius 1 is 1.14 bits per heavy atom. The monoisotopic (exact) mass is 616 g/mol. The molecule has 0 spiro atoms. The van der Waals surface area contributed by atoms with Crippen LogP contribution in [0.5, 0.6) is 5.75 Å². The Labute approximate surface area is 251 Å². The fraction of sp³-hybridized carbons (Fsp3) is 0.567. The summed E-state index contributed by atoms with van der Waals surface area (Å²) >= 11 is 0. The lowest BCUT2D eigenvalue weighted by atomic mass is 9.93. The molecule has 0 aliphatic carbocycles. The average Bonchev–Trinajstić information content (AvgIpc) is 3.45. The van der Waals surface area contributed by atoms with Crippen molar-refractivity contribution < 1.29 is 27.9 Å². The predicted octanol–water partition coefficient (Wildman–Crippen LogP) is 4.49. The second-order valence-corrected chi connectivity index (χ2v) is 12.8. The van der Waals surface area contributed by atoms with Crippen molar-refractivity contribution >= 4 is 27.7 Å². The lowest BCUT2D eigenvalue weighted by Crippen LogP contribution is -2.38. The number of carbonyl (C=O) groups is 1. The molecule has 2 aromatic rings. The second kappa shape index (κ2) is 14.3. The molecule has 0 amide bonds. The maximum atomic E-state index is 13.8. The van der Waals surface area contributed by atoms with E-state index in [0.29, 0.717) is 85.9 Å². The molecule has 4 rings (SSSR count). The molecule has 0 atom stereocenters. The fourth-order valence-electron chi connectivity index (χ4n) is 5.91. The SMILES string of the molecule is CCCOc1ccc(S(=O)(=O)N2CCC(CCCO[N+](=O)[O-])CC2)cc1C1=Nc2c(CCC)c(C=O)n(CC)c(=O)c2C1. The topological polar surface area (TPSA) is 150 Å². The molecule has 234 valence electrons. The summed E-state index contributed by atoms with van der Waals surface area (Å²) < 4.78 is 36.5. The van der Waals surface area contributed by atoms with Crippen LogP contribution in [0.3, 0.4) is 0 Å². The zero-order valence-corrected chi connectivity index (χ0v) is 25.9. The Morgan fingerprint density at radius 3 is 2.51 bits per heavy atom. The molecule has 0 N–H and O–H groups in total. The number of hydrogen-bond donors (Lipinski definition) is 0. The van der Waals surface area contributed by atoms with Crippen LogP contribution in [-0.4, -0.2) is 60.7 Å². The number of pyridine rings is 1. The summed E-state index contributed by atoms with van der Waals surface area (Å²) in [4.78, 5) is 45.1. The van der Waals surface area contributed by atoms with E-state index >= 15 is 0 Å². The first-order valence-corrected chi connectivity index (χ1v) is 16.5. The molecule has 0 radical (unpaired) electrons. The Hall–Kier alpha value is -3.58. The number of aldehydes is 1. The van der Waals surface area contributed by atoms with Gasteiger partial charge in [-0.05, 0) is 69.6 Å². The Balaban J connectivity index is 1.64. The summed E-state index contributed by atoms with van der Waals surface area (Å²) in [6, 6.07) is 4.79. The predicted molar refractivity (Wildman–Crippen MR) is 162 cm³/mol. The van der Waals surface area contributed by atoms with Gasteiger partial charge in [-0.1, -0.05) is 20.3 Å². The minimum atomic E-state index is -3.83. The van der Waals surface area contributed by atoms with E-state index in [2.05, 4.69) is 4.84 Å². The number of hydrogen-bond acceptors (Lipinski definition) is 9. The van der Waals surface area contributed by atoms with Crippen molar-refractivity contribution in [1.29, 1.82) is 0 Å². The molecule has 2 aliphatic heterocycles. The minimum Gasteiger partial charge on any atom is -0.493 e. The standard InChI is InChI=1S/C30H40N4O8S/c1-4-8-23-27(20-35)33(6-3)30(36)25-19-26(31-29(23)25)24-18-22(10-11-28(24)41-16-5-2)43(39,40)32-14-12-21(13-15-32)9-7-17-42-34(37)38/h10-11,18,20-21H,4-9,12-17,19H2,1-3H3. The molecule has 1 saturated heterocycles. The second-order valence-electron chi connectivity index (χ2n) is 10.9. The van der Waals surface area contributed by atoms with Gasteiger partial charge in [-0.2, -0.15) is 4.31 Å². The normalized spacial score (nSPS) is 15.7. The molecular formula is C30H40N4O8S. The highest BCUT2D eigenvalue weighted by molar-refractivity contribution is 7.89. The first kappa shape index (κ1) is 32.3. The van der Waals surface area contributed by atoms with Crippen LogP contribution in [0.25, 0.3) is 0 Å². The third-order valence-corrected chi connectivity index (χ3v) is 9.98. The molecular weight excluding hydrogens is 576 g/mol. The van der Waals surface area contributed by atoms with E-state index in [9.17, 15) is 28.1 Å². The Morgan fingerprint density at radius 2 is 1.88 bits per heavy atom. The first-order chi connectivity index (χ1) is 20.7. The number of sulfonamides is 1. The molecule has 0 bridgehead atoms. The van der Waals surface area contributed by atoms with Crippen LogP contribution in [0.15, 0.2) is 32.9 Å². The van der Waals surface area contributed by atoms with Gasteiger partial charge in [0.2, 0.25) is 10.0 Å². The molecule has 13 heteroatoms. The largest absolute Gasteiger partial charge is 0.493 e. The third kappa shape index (κ3) is 6.98. The molecule has 2 aliphatic rings. The van der Waals surface area contributed by atoms with Crippen molar-refractivity contribution in [3.63, 3.8) is 0 Å². The Bertz CT molecular complexity index is 1540. The quantitative estimate of drug-likeness (QED) is 0.123. The molecule has 3 heterocycles. The van der Waals surface area contributed by atoms with Crippen molar-refractivity contribution in [2.24, 2.45) is 10.9 Å². The number of rotatable bonds is 15. The first-order valence-electron chi connectivity index (χ1n) is 15.0. The molecule has 43 heavy (non-hydrogen) atoms. The molecule has 0 unspecified atom stereocenters. The number of ether oxygens (including phenoxy) is 1. The van der Waals surface area contributed by atoms with E-state index in [4.69, 9.17) is 9.73 Å². The Kier molecular flexibility index (Phi) is 10.7. The van der Waals surface area contributed by atoms with Gasteiger partial charge in [0, 0.05) is 42.7 Å². The van der Waals surface area contributed by atoms with Crippen LogP contribution >= 0.6 is 0 Å². The van der Waals surface area contributed by atoms with Gasteiger partial charge in [0.15, 0.2) is 6.29 Å². The summed E-state index contributed by atoms with van der Waals surface area (Å²) in [6.45, 7) is 7.33. The summed E-state index contributed by atoms with van der Waals surface area (Å²) in [6.07, 6.45) is 5.63. The number of piperidine rings is 1. The van der Waals surface area contributed by atoms with Gasteiger partial charge in [0.1, 0.15) is 5.75 Å². The van der Waals surface area contributed by atoms with E-state index in [1.54, 1.807) is 18.2 Å². The maximum Gasteiger partial charge on any atom is 0.294 e. The highest BCUT2D eigenvalue weighted by Gasteiger charge is 2.32. The van der Waals surface area contributed by atoms with Crippen LogP contribution in [0.4, 0.5) is 5.69 Å². The van der Waals surface area contributed by atoms with E-state index < -0.39 is 15.1 Å². The van der Waals surface area contributed by atoms with Crippen molar-refractivity contribution in [1.82, 2.24) is 8.87 Å². The molecule has 1 fully saturated rings. The lowest BCUT2D eigenvalue weighted by molar-refractivity contribution is -0.757. The summed E-state index contributed by atoms with van der Waals surface area (Å²) in [5.74, 6) is 0.765. The van der Waals surface area contributed by atoms with Gasteiger partial charge in [-0.25, -0.2) is 8.42 Å². The fourth-order valence-corrected chi connectivity index (χ4v) is 7.40. The van der Waals surface area contributed by atoms with Crippen molar-refractivity contribution in [2.45, 2.75) is 83.6 Å². The number of aliphatic imine (C=N–C) groups is 1. The zero-order chi connectivity index (χ0) is 31.1. The van der Waals surface area contributed by atoms with Crippen LogP contribution in [0.1, 0.15) is 86.5 Å². The van der Waals surface area contributed by atoms with E-state index in [0.717, 1.165) is 31.1 Å². The summed E-state index contributed by atoms with van der Waals surface area (Å²) in [7, 11) is -3.83. The zero-order valence-electron chi connectivity index (χ0n) is 25.0. The van der Waals surface area contributed by atoms with Gasteiger partial charge in [0.25, 0.3) is 10.6 Å². The van der Waals surface area contributed by atoms with E-state index in [1.165, 1.54) is 8.87 Å². The minimum absolute atomic E-state index is 0.0389. The highest BCUT2D eigenvalue weighted by atomic mass is 32.2. The van der Waals surface area contributed by atoms with Crippen LogP contribution < -0.4 is 10.3 Å². The molecule has 1 aromatic heterocycles. The van der Waals surface area contributed by atoms with Crippen molar-refractivity contribution in [2.75, 3.05) is 26.3 Å². The highest BCUT2D eigenvalue weighted by Crippen LogP contribution is 2.36. The molecule has 12 nitrogen and oxygen atoms in total. The summed E-state index contributed by atoms with van der Waals surface area (Å²) in [5, 5.41) is 9.55. The maximum absolute atomic E-state index is 13.8. The van der Waals surface area contributed by atoms with Crippen molar-refractivity contribution in [3.8, 4) is 5.75 Å². The number of benzene rings is 1. The van der Waals surface area contributed by atoms with Crippen LogP contribution in [0, 0.1) is 16.0 Å². The lowest BCUT2D eigenvalue weighted by Gasteiger charge is -2.31. The van der Waals surface area contributed by atoms with Gasteiger partial charge < -0.3 is 14.1 Å². The third-order valence-electron chi connectivity index (χ3n) is 8.08. The smallest absolute Gasteiger partial charge is 0.294 e.